The first-order valence-electron chi connectivity index (χ1n) is 9.35. The first-order valence-corrected chi connectivity index (χ1v) is 9.35. The van der Waals surface area contributed by atoms with E-state index < -0.39 is 36.3 Å². The molecule has 9 heteroatoms. The van der Waals surface area contributed by atoms with Gasteiger partial charge in [0.1, 0.15) is 12.6 Å². The van der Waals surface area contributed by atoms with Gasteiger partial charge in [-0.1, -0.05) is 13.8 Å². The van der Waals surface area contributed by atoms with E-state index in [1.54, 1.807) is 0 Å². The van der Waals surface area contributed by atoms with Crippen LogP contribution < -0.4 is 16.0 Å². The molecule has 0 heterocycles. The molecule has 3 N–H and O–H groups in total. The number of amides is 3. The largest absolute Gasteiger partial charge is 0.447 e. The molecule has 9 nitrogen and oxygen atoms in total. The smallest absolute Gasteiger partial charge is 0.407 e. The molecule has 1 unspecified atom stereocenters. The molecule has 0 spiro atoms. The van der Waals surface area contributed by atoms with Gasteiger partial charge in [0.15, 0.2) is 0 Å². The number of nitrogens with one attached hydrogen (secondary N) is 3. The van der Waals surface area contributed by atoms with Crippen LogP contribution in [0.5, 0.6) is 0 Å². The monoisotopic (exact) mass is 385 g/mol. The molecular weight excluding hydrogens is 354 g/mol. The average Bonchev–Trinajstić information content (AvgIpc) is 3.38. The van der Waals surface area contributed by atoms with Crippen molar-refractivity contribution in [2.75, 3.05) is 19.8 Å². The Morgan fingerprint density at radius 2 is 1.70 bits per heavy atom. The molecule has 3 amide bonds. The summed E-state index contributed by atoms with van der Waals surface area (Å²) in [5, 5.41) is 7.46. The van der Waals surface area contributed by atoms with Crippen molar-refractivity contribution in [3.63, 3.8) is 0 Å². The first-order chi connectivity index (χ1) is 12.7. The van der Waals surface area contributed by atoms with E-state index in [1.165, 1.54) is 0 Å². The fourth-order valence-electron chi connectivity index (χ4n) is 2.17. The minimum atomic E-state index is -0.859. The predicted molar refractivity (Wildman–Crippen MR) is 98.0 cm³/mol. The summed E-state index contributed by atoms with van der Waals surface area (Å²) in [4.78, 5) is 47.5. The Morgan fingerprint density at radius 3 is 2.26 bits per heavy atom. The second kappa shape index (κ2) is 11.5. The third kappa shape index (κ3) is 10.5. The van der Waals surface area contributed by atoms with Gasteiger partial charge in [-0.15, -0.1) is 0 Å². The molecule has 0 aromatic rings. The molecular formula is C18H31N3O6. The molecule has 1 atom stereocenters. The van der Waals surface area contributed by atoms with Crippen molar-refractivity contribution in [2.45, 2.75) is 65.1 Å². The van der Waals surface area contributed by atoms with Crippen molar-refractivity contribution in [1.29, 1.82) is 0 Å². The van der Waals surface area contributed by atoms with Crippen molar-refractivity contribution in [2.24, 2.45) is 5.92 Å². The number of Topliss-reactive ketones (excluding diaryl/α,β-unsaturated/α-hetero) is 1. The molecule has 0 aliphatic heterocycles. The summed E-state index contributed by atoms with van der Waals surface area (Å²) >= 11 is 0. The van der Waals surface area contributed by atoms with Crippen molar-refractivity contribution in [1.82, 2.24) is 16.0 Å². The summed E-state index contributed by atoms with van der Waals surface area (Å²) in [6, 6.07) is -0.787. The van der Waals surface area contributed by atoms with E-state index in [1.807, 2.05) is 27.7 Å². The van der Waals surface area contributed by atoms with Gasteiger partial charge in [0.25, 0.3) is 5.91 Å². The Labute approximate surface area is 159 Å². The van der Waals surface area contributed by atoms with Gasteiger partial charge in [0, 0.05) is 6.04 Å². The molecule has 0 aromatic carbocycles. The zero-order valence-corrected chi connectivity index (χ0v) is 16.5. The minimum Gasteiger partial charge on any atom is -0.447 e. The van der Waals surface area contributed by atoms with Gasteiger partial charge in [-0.2, -0.15) is 0 Å². The van der Waals surface area contributed by atoms with Gasteiger partial charge in [-0.25, -0.2) is 4.79 Å². The number of hydrogen-bond acceptors (Lipinski definition) is 6. The molecule has 1 aliphatic carbocycles. The van der Waals surface area contributed by atoms with E-state index in [2.05, 4.69) is 16.0 Å². The van der Waals surface area contributed by atoms with Gasteiger partial charge in [0.2, 0.25) is 11.7 Å². The van der Waals surface area contributed by atoms with Gasteiger partial charge >= 0.3 is 6.09 Å². The van der Waals surface area contributed by atoms with Gasteiger partial charge in [-0.05, 0) is 39.0 Å². The van der Waals surface area contributed by atoms with Crippen molar-refractivity contribution < 1.29 is 28.7 Å². The summed E-state index contributed by atoms with van der Waals surface area (Å²) in [6.45, 7) is 7.46. The molecule has 27 heavy (non-hydrogen) atoms. The number of hydrogen-bond donors (Lipinski definition) is 3. The summed E-state index contributed by atoms with van der Waals surface area (Å²) < 4.78 is 10.3. The second-order valence-electron chi connectivity index (χ2n) is 7.27. The van der Waals surface area contributed by atoms with Crippen LogP contribution in [0.2, 0.25) is 0 Å². The van der Waals surface area contributed by atoms with E-state index in [-0.39, 0.29) is 31.3 Å². The third-order valence-corrected chi connectivity index (χ3v) is 3.67. The van der Waals surface area contributed by atoms with Gasteiger partial charge < -0.3 is 25.4 Å². The van der Waals surface area contributed by atoms with Crippen LogP contribution in [-0.2, 0) is 23.9 Å². The molecule has 154 valence electrons. The lowest BCUT2D eigenvalue weighted by molar-refractivity contribution is -0.138. The zero-order valence-electron chi connectivity index (χ0n) is 16.5. The van der Waals surface area contributed by atoms with Crippen LogP contribution in [0.4, 0.5) is 4.79 Å². The van der Waals surface area contributed by atoms with E-state index in [9.17, 15) is 19.2 Å². The quantitative estimate of drug-likeness (QED) is 0.332. The van der Waals surface area contributed by atoms with E-state index in [0.29, 0.717) is 6.42 Å². The number of ether oxygens (including phenoxy) is 2. The third-order valence-electron chi connectivity index (χ3n) is 3.67. The summed E-state index contributed by atoms with van der Waals surface area (Å²) in [5.41, 5.74) is 0. The summed E-state index contributed by atoms with van der Waals surface area (Å²) in [6.07, 6.45) is 1.41. The van der Waals surface area contributed by atoms with E-state index in [4.69, 9.17) is 9.47 Å². The molecule has 0 radical (unpaired) electrons. The lowest BCUT2D eigenvalue weighted by atomic mass is 10.0. The minimum absolute atomic E-state index is 0.0331. The molecule has 0 saturated heterocycles. The summed E-state index contributed by atoms with van der Waals surface area (Å²) in [5.74, 6) is -1.83. The lowest BCUT2D eigenvalue weighted by Gasteiger charge is -2.20. The Hall–Kier alpha value is -2.16. The highest BCUT2D eigenvalue weighted by Gasteiger charge is 2.27. The van der Waals surface area contributed by atoms with Gasteiger partial charge in [-0.3, -0.25) is 14.4 Å². The zero-order chi connectivity index (χ0) is 20.4. The van der Waals surface area contributed by atoms with Crippen LogP contribution in [0.15, 0.2) is 0 Å². The number of ketones is 1. The average molecular weight is 385 g/mol. The first kappa shape index (κ1) is 22.9. The van der Waals surface area contributed by atoms with E-state index >= 15 is 0 Å². The van der Waals surface area contributed by atoms with Crippen LogP contribution in [0, 0.1) is 5.92 Å². The molecule has 0 bridgehead atoms. The Balaban J connectivity index is 2.41. The van der Waals surface area contributed by atoms with Crippen LogP contribution in [0.25, 0.3) is 0 Å². The molecule has 1 rings (SSSR count). The fraction of sp³-hybridized carbons (Fsp3) is 0.778. The van der Waals surface area contributed by atoms with Gasteiger partial charge in [0.05, 0.1) is 19.3 Å². The standard InChI is InChI=1S/C18H31N3O6/c1-11(2)9-14(21-18(25)27-8-7-26-12(3)4)16(23)19-10-15(22)17(24)20-13-5-6-13/h11-14H,5-10H2,1-4H3,(H,19,23)(H,20,24)(H,21,25). The maximum absolute atomic E-state index is 12.3. The van der Waals surface area contributed by atoms with Crippen molar-refractivity contribution in [3.05, 3.63) is 0 Å². The SMILES string of the molecule is CC(C)CC(NC(=O)OCCOC(C)C)C(=O)NCC(=O)C(=O)NC1CC1. The molecule has 1 saturated carbocycles. The molecule has 0 aromatic heterocycles. The van der Waals surface area contributed by atoms with Crippen LogP contribution in [0.3, 0.4) is 0 Å². The highest BCUT2D eigenvalue weighted by atomic mass is 16.6. The number of rotatable bonds is 12. The maximum Gasteiger partial charge on any atom is 0.407 e. The number of carbonyl (C=O) groups is 4. The van der Waals surface area contributed by atoms with Crippen molar-refractivity contribution >= 4 is 23.7 Å². The summed E-state index contributed by atoms with van der Waals surface area (Å²) in [7, 11) is 0. The maximum atomic E-state index is 12.3. The van der Waals surface area contributed by atoms with Crippen LogP contribution in [-0.4, -0.2) is 61.6 Å². The molecule has 1 fully saturated rings. The highest BCUT2D eigenvalue weighted by molar-refractivity contribution is 6.37. The normalized spacial score (nSPS) is 14.6. The Kier molecular flexibility index (Phi) is 9.77. The van der Waals surface area contributed by atoms with Crippen LogP contribution >= 0.6 is 0 Å². The van der Waals surface area contributed by atoms with Crippen molar-refractivity contribution in [3.8, 4) is 0 Å². The number of alkyl carbamates (subject to hydrolysis) is 1. The topological polar surface area (TPSA) is 123 Å². The molecule has 1 aliphatic rings. The second-order valence-corrected chi connectivity index (χ2v) is 7.27. The Morgan fingerprint density at radius 1 is 1.04 bits per heavy atom. The van der Waals surface area contributed by atoms with E-state index in [0.717, 1.165) is 12.8 Å². The predicted octanol–water partition coefficient (Wildman–Crippen LogP) is 0.516. The Bertz CT molecular complexity index is 531. The number of carbonyl (C=O) groups excluding carboxylic acids is 4. The van der Waals surface area contributed by atoms with Crippen LogP contribution in [0.1, 0.15) is 47.0 Å². The lowest BCUT2D eigenvalue weighted by Crippen LogP contribution is -2.50. The fourth-order valence-corrected chi connectivity index (χ4v) is 2.17. The highest BCUT2D eigenvalue weighted by Crippen LogP contribution is 2.18.